The van der Waals surface area contributed by atoms with Gasteiger partial charge in [0.1, 0.15) is 11.4 Å². The van der Waals surface area contributed by atoms with E-state index < -0.39 is 23.3 Å². The number of hydrogen-bond donors (Lipinski definition) is 3. The number of rotatable bonds is 4. The van der Waals surface area contributed by atoms with Gasteiger partial charge in [-0.05, 0) is 44.0 Å². The zero-order valence-electron chi connectivity index (χ0n) is 19.1. The van der Waals surface area contributed by atoms with Crippen molar-refractivity contribution in [3.63, 3.8) is 0 Å². The van der Waals surface area contributed by atoms with E-state index in [1.165, 1.54) is 18.5 Å². The van der Waals surface area contributed by atoms with Gasteiger partial charge in [0.2, 0.25) is 0 Å². The van der Waals surface area contributed by atoms with Gasteiger partial charge in [-0.25, -0.2) is 15.0 Å². The molecule has 0 unspecified atom stereocenters. The highest BCUT2D eigenvalue weighted by atomic mass is 35.5. The first-order valence-electron chi connectivity index (χ1n) is 10.5. The van der Waals surface area contributed by atoms with Crippen LogP contribution in [0.25, 0.3) is 11.4 Å². The number of nitrogens with zero attached hydrogens (tertiary/aromatic N) is 5. The molecule has 4 rings (SSSR count). The van der Waals surface area contributed by atoms with Crippen LogP contribution in [0.15, 0.2) is 42.9 Å². The van der Waals surface area contributed by atoms with Gasteiger partial charge in [0, 0.05) is 31.0 Å². The third kappa shape index (κ3) is 6.31. The second-order valence-electron chi connectivity index (χ2n) is 8.35. The van der Waals surface area contributed by atoms with E-state index in [1.807, 2.05) is 13.0 Å². The number of alkyl halides is 3. The minimum absolute atomic E-state index is 0. The van der Waals surface area contributed by atoms with E-state index in [9.17, 15) is 18.0 Å². The number of piperidine rings is 1. The zero-order valence-corrected chi connectivity index (χ0v) is 20.8. The van der Waals surface area contributed by atoms with Gasteiger partial charge >= 0.3 is 6.18 Å². The molecule has 0 aliphatic carbocycles. The SMILES string of the molecule is CC1(N)CCN(c2cccnc2NC(=O)c2nc(-c3ncccc3C(F)(F)F)cnc2N)CC1.Cl.Cl. The standard InChI is InChI=1S/C22H23F3N8O.2ClH/c1-21(27)6-10-33(11-7-21)15-5-3-9-29-19(15)32-20(34)17-18(26)30-12-14(31-17)16-13(22(23,24)25)4-2-8-28-16;;/h2-5,8-9,12H,6-7,10-11,27H2,1H3,(H2,26,30)(H,29,32,34);2*1H. The predicted molar refractivity (Wildman–Crippen MR) is 135 cm³/mol. The number of nitrogen functional groups attached to an aromatic ring is 1. The number of nitrogens with two attached hydrogens (primary N) is 2. The third-order valence-corrected chi connectivity index (χ3v) is 5.64. The Morgan fingerprint density at radius 2 is 1.72 bits per heavy atom. The van der Waals surface area contributed by atoms with Crippen molar-refractivity contribution in [3.8, 4) is 11.4 Å². The summed E-state index contributed by atoms with van der Waals surface area (Å²) in [5.41, 5.74) is 10.5. The van der Waals surface area contributed by atoms with Crippen molar-refractivity contribution in [2.24, 2.45) is 5.73 Å². The zero-order chi connectivity index (χ0) is 24.5. The van der Waals surface area contributed by atoms with Crippen molar-refractivity contribution in [2.75, 3.05) is 29.0 Å². The maximum atomic E-state index is 13.4. The minimum Gasteiger partial charge on any atom is -0.382 e. The van der Waals surface area contributed by atoms with Crippen molar-refractivity contribution in [2.45, 2.75) is 31.5 Å². The monoisotopic (exact) mass is 544 g/mol. The molecule has 0 spiro atoms. The highest BCUT2D eigenvalue weighted by Crippen LogP contribution is 2.35. The normalized spacial score (nSPS) is 14.9. The number of amides is 1. The molecular formula is C22H25Cl2F3N8O. The number of carbonyl (C=O) groups is 1. The molecule has 0 atom stereocenters. The van der Waals surface area contributed by atoms with E-state index in [1.54, 1.807) is 6.07 Å². The van der Waals surface area contributed by atoms with Crippen LogP contribution in [0.3, 0.4) is 0 Å². The van der Waals surface area contributed by atoms with Gasteiger partial charge < -0.3 is 21.7 Å². The summed E-state index contributed by atoms with van der Waals surface area (Å²) in [6.45, 7) is 3.36. The largest absolute Gasteiger partial charge is 0.418 e. The van der Waals surface area contributed by atoms with Crippen molar-refractivity contribution in [3.05, 3.63) is 54.1 Å². The molecule has 194 valence electrons. The molecule has 5 N–H and O–H groups in total. The van der Waals surface area contributed by atoms with E-state index in [4.69, 9.17) is 11.5 Å². The highest BCUT2D eigenvalue weighted by Gasteiger charge is 2.35. The van der Waals surface area contributed by atoms with Crippen LogP contribution in [0.5, 0.6) is 0 Å². The lowest BCUT2D eigenvalue weighted by Gasteiger charge is -2.38. The molecule has 0 radical (unpaired) electrons. The van der Waals surface area contributed by atoms with E-state index in [-0.39, 0.29) is 53.4 Å². The molecule has 3 aromatic heterocycles. The summed E-state index contributed by atoms with van der Waals surface area (Å²) in [5.74, 6) is -0.717. The van der Waals surface area contributed by atoms with E-state index in [0.717, 1.165) is 25.1 Å². The lowest BCUT2D eigenvalue weighted by atomic mass is 9.91. The maximum absolute atomic E-state index is 13.4. The first-order chi connectivity index (χ1) is 16.0. The number of aromatic nitrogens is 4. The molecule has 0 aromatic carbocycles. The van der Waals surface area contributed by atoms with Crippen molar-refractivity contribution < 1.29 is 18.0 Å². The summed E-state index contributed by atoms with van der Waals surface area (Å²) < 4.78 is 40.2. The van der Waals surface area contributed by atoms with Crippen LogP contribution in [0.1, 0.15) is 35.8 Å². The van der Waals surface area contributed by atoms with Crippen molar-refractivity contribution in [1.29, 1.82) is 0 Å². The Morgan fingerprint density at radius 1 is 1.08 bits per heavy atom. The number of anilines is 3. The lowest BCUT2D eigenvalue weighted by molar-refractivity contribution is -0.137. The minimum atomic E-state index is -4.66. The van der Waals surface area contributed by atoms with Crippen LogP contribution >= 0.6 is 24.8 Å². The molecule has 1 fully saturated rings. The fourth-order valence-corrected chi connectivity index (χ4v) is 3.69. The Balaban J connectivity index is 0.00000228. The summed E-state index contributed by atoms with van der Waals surface area (Å²) >= 11 is 0. The number of hydrogen-bond acceptors (Lipinski definition) is 8. The molecule has 1 aliphatic rings. The molecule has 36 heavy (non-hydrogen) atoms. The smallest absolute Gasteiger partial charge is 0.382 e. The topological polar surface area (TPSA) is 136 Å². The number of halogens is 5. The van der Waals surface area contributed by atoms with Gasteiger partial charge in [-0.3, -0.25) is 9.78 Å². The summed E-state index contributed by atoms with van der Waals surface area (Å²) in [7, 11) is 0. The quantitative estimate of drug-likeness (QED) is 0.449. The highest BCUT2D eigenvalue weighted by molar-refractivity contribution is 6.06. The maximum Gasteiger partial charge on any atom is 0.418 e. The lowest BCUT2D eigenvalue weighted by Crippen LogP contribution is -2.48. The molecular weight excluding hydrogens is 520 g/mol. The first-order valence-corrected chi connectivity index (χ1v) is 10.5. The second-order valence-corrected chi connectivity index (χ2v) is 8.35. The first kappa shape index (κ1) is 29.0. The van der Waals surface area contributed by atoms with Gasteiger partial charge in [-0.15, -0.1) is 24.8 Å². The predicted octanol–water partition coefficient (Wildman–Crippen LogP) is 3.95. The van der Waals surface area contributed by atoms with Gasteiger partial charge in [0.25, 0.3) is 5.91 Å². The average molecular weight is 545 g/mol. The van der Waals surface area contributed by atoms with Crippen LogP contribution in [0.2, 0.25) is 0 Å². The Labute approximate surface area is 217 Å². The second kappa shape index (κ2) is 11.2. The summed E-state index contributed by atoms with van der Waals surface area (Å²) in [6.07, 6.45) is 0.640. The summed E-state index contributed by atoms with van der Waals surface area (Å²) in [6, 6.07) is 5.61. The average Bonchev–Trinajstić information content (AvgIpc) is 2.79. The number of carbonyl (C=O) groups excluding carboxylic acids is 1. The van der Waals surface area contributed by atoms with Crippen LogP contribution in [-0.4, -0.2) is 44.5 Å². The van der Waals surface area contributed by atoms with Crippen LogP contribution in [0, 0.1) is 0 Å². The third-order valence-electron chi connectivity index (χ3n) is 5.64. The van der Waals surface area contributed by atoms with Gasteiger partial charge in [0.05, 0.1) is 17.4 Å². The Bertz CT molecular complexity index is 1220. The Hall–Kier alpha value is -3.22. The van der Waals surface area contributed by atoms with E-state index >= 15 is 0 Å². The molecule has 1 amide bonds. The fraction of sp³-hybridized carbons (Fsp3) is 0.318. The number of nitrogens with one attached hydrogen (secondary N) is 1. The Morgan fingerprint density at radius 3 is 2.39 bits per heavy atom. The molecule has 1 aliphatic heterocycles. The van der Waals surface area contributed by atoms with Crippen molar-refractivity contribution >= 4 is 48.0 Å². The van der Waals surface area contributed by atoms with E-state index in [0.29, 0.717) is 18.8 Å². The summed E-state index contributed by atoms with van der Waals surface area (Å²) in [4.78, 5) is 31.1. The molecule has 0 bridgehead atoms. The number of pyridine rings is 2. The molecule has 1 saturated heterocycles. The van der Waals surface area contributed by atoms with Gasteiger partial charge in [0.15, 0.2) is 17.3 Å². The molecule has 0 saturated carbocycles. The van der Waals surface area contributed by atoms with E-state index in [2.05, 4.69) is 30.2 Å². The molecule has 4 heterocycles. The fourth-order valence-electron chi connectivity index (χ4n) is 3.69. The van der Waals surface area contributed by atoms with Crippen molar-refractivity contribution in [1.82, 2.24) is 19.9 Å². The van der Waals surface area contributed by atoms with Crippen LogP contribution in [0.4, 0.5) is 30.5 Å². The van der Waals surface area contributed by atoms with Crippen LogP contribution < -0.4 is 21.7 Å². The van der Waals surface area contributed by atoms with Gasteiger partial charge in [-0.2, -0.15) is 13.2 Å². The van der Waals surface area contributed by atoms with Crippen LogP contribution in [-0.2, 0) is 6.18 Å². The Kier molecular flexibility index (Phi) is 9.05. The molecule has 14 heteroatoms. The van der Waals surface area contributed by atoms with Gasteiger partial charge in [-0.1, -0.05) is 0 Å². The summed E-state index contributed by atoms with van der Waals surface area (Å²) in [5, 5.41) is 2.66. The molecule has 3 aromatic rings. The molecule has 9 nitrogen and oxygen atoms in total.